The Morgan fingerprint density at radius 1 is 1.07 bits per heavy atom. The van der Waals surface area contributed by atoms with Crippen molar-refractivity contribution in [3.05, 3.63) is 66.0 Å². The number of carbonyl (C=O) groups excluding carboxylic acids is 3. The van der Waals surface area contributed by atoms with Crippen molar-refractivity contribution in [1.29, 1.82) is 0 Å². The van der Waals surface area contributed by atoms with Crippen LogP contribution in [0.4, 0.5) is 10.5 Å². The van der Waals surface area contributed by atoms with E-state index in [2.05, 4.69) is 10.4 Å². The smallest absolute Gasteiger partial charge is 0.316 e. The van der Waals surface area contributed by atoms with E-state index in [0.29, 0.717) is 5.69 Å². The molecule has 3 aromatic rings. The van der Waals surface area contributed by atoms with Crippen LogP contribution in [0.2, 0.25) is 0 Å². The summed E-state index contributed by atoms with van der Waals surface area (Å²) in [5, 5.41) is 6.44. The number of hydrogen-bond acceptors (Lipinski definition) is 5. The minimum absolute atomic E-state index is 0.0916. The third-order valence-corrected chi connectivity index (χ3v) is 4.04. The van der Waals surface area contributed by atoms with E-state index in [1.165, 1.54) is 17.8 Å². The van der Waals surface area contributed by atoms with Gasteiger partial charge in [-0.2, -0.15) is 5.10 Å². The summed E-state index contributed by atoms with van der Waals surface area (Å²) in [6.45, 7) is 1.58. The van der Waals surface area contributed by atoms with Gasteiger partial charge in [-0.3, -0.25) is 9.59 Å². The second kappa shape index (κ2) is 8.26. The van der Waals surface area contributed by atoms with Gasteiger partial charge in [-0.1, -0.05) is 30.3 Å². The molecule has 1 aromatic heterocycles. The predicted molar refractivity (Wildman–Crippen MR) is 106 cm³/mol. The van der Waals surface area contributed by atoms with Crippen molar-refractivity contribution < 1.29 is 19.1 Å². The molecule has 0 saturated carbocycles. The molecule has 9 heteroatoms. The Morgan fingerprint density at radius 2 is 1.79 bits per heavy atom. The molecule has 0 radical (unpaired) electrons. The molecule has 3 rings (SSSR count). The van der Waals surface area contributed by atoms with Crippen molar-refractivity contribution in [3.8, 4) is 16.8 Å². The number of rotatable bonds is 6. The first-order valence-corrected chi connectivity index (χ1v) is 8.62. The molecule has 148 valence electrons. The molecule has 0 fully saturated rings. The minimum atomic E-state index is -0.823. The maximum absolute atomic E-state index is 11.5. The van der Waals surface area contributed by atoms with Gasteiger partial charge in [0, 0.05) is 6.92 Å². The number of anilines is 1. The predicted octanol–water partition coefficient (Wildman–Crippen LogP) is 2.19. The van der Waals surface area contributed by atoms with E-state index in [-0.39, 0.29) is 24.0 Å². The Labute approximate surface area is 166 Å². The summed E-state index contributed by atoms with van der Waals surface area (Å²) in [6, 6.07) is 14.2. The summed E-state index contributed by atoms with van der Waals surface area (Å²) in [4.78, 5) is 33.6. The number of esters is 1. The summed E-state index contributed by atoms with van der Waals surface area (Å²) >= 11 is 0. The van der Waals surface area contributed by atoms with E-state index < -0.39 is 11.9 Å². The van der Waals surface area contributed by atoms with Crippen molar-refractivity contribution in [2.75, 3.05) is 5.32 Å². The Bertz CT molecular complexity index is 1070. The van der Waals surface area contributed by atoms with Gasteiger partial charge in [-0.25, -0.2) is 9.48 Å². The molecular weight excluding hydrogens is 374 g/mol. The number of benzene rings is 2. The number of carbonyl (C=O) groups is 3. The van der Waals surface area contributed by atoms with Crippen LogP contribution in [-0.4, -0.2) is 27.7 Å². The lowest BCUT2D eigenvalue weighted by Gasteiger charge is -2.07. The zero-order chi connectivity index (χ0) is 21.0. The van der Waals surface area contributed by atoms with E-state index in [1.807, 2.05) is 36.4 Å². The highest BCUT2D eigenvalue weighted by Crippen LogP contribution is 2.23. The molecule has 0 unspecified atom stereocenters. The van der Waals surface area contributed by atoms with Gasteiger partial charge in [0.2, 0.25) is 0 Å². The molecule has 0 atom stereocenters. The average molecular weight is 393 g/mol. The van der Waals surface area contributed by atoms with Gasteiger partial charge in [0.1, 0.15) is 6.61 Å². The number of amides is 3. The maximum atomic E-state index is 11.5. The van der Waals surface area contributed by atoms with E-state index >= 15 is 0 Å². The maximum Gasteiger partial charge on any atom is 0.316 e. The van der Waals surface area contributed by atoms with Gasteiger partial charge >= 0.3 is 12.0 Å². The molecule has 29 heavy (non-hydrogen) atoms. The van der Waals surface area contributed by atoms with E-state index in [4.69, 9.17) is 16.2 Å². The van der Waals surface area contributed by atoms with Crippen LogP contribution >= 0.6 is 0 Å². The molecule has 0 aliphatic rings. The van der Waals surface area contributed by atoms with Crippen LogP contribution in [0.5, 0.6) is 0 Å². The first-order chi connectivity index (χ1) is 13.8. The zero-order valence-electron chi connectivity index (χ0n) is 15.6. The lowest BCUT2D eigenvalue weighted by atomic mass is 10.0. The monoisotopic (exact) mass is 393 g/mol. The Morgan fingerprint density at radius 3 is 2.41 bits per heavy atom. The van der Waals surface area contributed by atoms with Crippen molar-refractivity contribution in [2.45, 2.75) is 13.5 Å². The zero-order valence-corrected chi connectivity index (χ0v) is 15.6. The molecule has 0 bridgehead atoms. The molecule has 9 nitrogen and oxygen atoms in total. The molecule has 0 aliphatic heterocycles. The standard InChI is InChI=1S/C20H19N5O4/c1-12(26)29-11-13-3-2-4-15(9-13)14-5-7-16(8-6-14)25-10-17(23-20(22)28)18(24-25)19(21)27/h2-10H,11H2,1H3,(H2,21,27)(H3,22,23,28). The van der Waals surface area contributed by atoms with Crippen molar-refractivity contribution in [2.24, 2.45) is 11.5 Å². The first-order valence-electron chi connectivity index (χ1n) is 8.62. The van der Waals surface area contributed by atoms with Crippen molar-refractivity contribution >= 4 is 23.6 Å². The number of primary amides is 2. The highest BCUT2D eigenvalue weighted by atomic mass is 16.5. The summed E-state index contributed by atoms with van der Waals surface area (Å²) in [5.74, 6) is -1.12. The van der Waals surface area contributed by atoms with Gasteiger partial charge in [0.05, 0.1) is 17.6 Å². The molecule has 3 amide bonds. The van der Waals surface area contributed by atoms with Gasteiger partial charge in [-0.15, -0.1) is 0 Å². The highest BCUT2D eigenvalue weighted by molar-refractivity contribution is 6.00. The number of ether oxygens (including phenoxy) is 1. The van der Waals surface area contributed by atoms with Gasteiger partial charge in [-0.05, 0) is 34.9 Å². The molecule has 1 heterocycles. The topological polar surface area (TPSA) is 142 Å². The van der Waals surface area contributed by atoms with Crippen molar-refractivity contribution in [3.63, 3.8) is 0 Å². The van der Waals surface area contributed by atoms with Crippen LogP contribution in [0.1, 0.15) is 23.0 Å². The van der Waals surface area contributed by atoms with E-state index in [0.717, 1.165) is 16.7 Å². The number of hydrogen-bond donors (Lipinski definition) is 3. The van der Waals surface area contributed by atoms with Gasteiger partial charge < -0.3 is 21.5 Å². The van der Waals surface area contributed by atoms with Crippen LogP contribution in [-0.2, 0) is 16.1 Å². The molecule has 0 aliphatic carbocycles. The second-order valence-corrected chi connectivity index (χ2v) is 6.22. The minimum Gasteiger partial charge on any atom is -0.461 e. The van der Waals surface area contributed by atoms with Crippen LogP contribution < -0.4 is 16.8 Å². The van der Waals surface area contributed by atoms with Crippen LogP contribution in [0.15, 0.2) is 54.7 Å². The average Bonchev–Trinajstić information content (AvgIpc) is 3.10. The Kier molecular flexibility index (Phi) is 5.59. The quantitative estimate of drug-likeness (QED) is 0.550. The fourth-order valence-electron chi connectivity index (χ4n) is 2.74. The molecular formula is C20H19N5O4. The van der Waals surface area contributed by atoms with Gasteiger partial charge in [0.15, 0.2) is 5.69 Å². The highest BCUT2D eigenvalue weighted by Gasteiger charge is 2.16. The lowest BCUT2D eigenvalue weighted by molar-refractivity contribution is -0.142. The number of nitrogens with one attached hydrogen (secondary N) is 1. The van der Waals surface area contributed by atoms with Crippen LogP contribution in [0, 0.1) is 0 Å². The fourth-order valence-corrected chi connectivity index (χ4v) is 2.74. The molecule has 0 spiro atoms. The third-order valence-electron chi connectivity index (χ3n) is 4.04. The Balaban J connectivity index is 1.85. The number of aromatic nitrogens is 2. The normalized spacial score (nSPS) is 10.4. The number of nitrogens with zero attached hydrogens (tertiary/aromatic N) is 2. The molecule has 2 aromatic carbocycles. The number of nitrogens with two attached hydrogens (primary N) is 2. The third kappa shape index (κ3) is 4.78. The summed E-state index contributed by atoms with van der Waals surface area (Å²) in [7, 11) is 0. The second-order valence-electron chi connectivity index (χ2n) is 6.22. The largest absolute Gasteiger partial charge is 0.461 e. The summed E-state index contributed by atoms with van der Waals surface area (Å²) < 4.78 is 6.45. The van der Waals surface area contributed by atoms with Crippen LogP contribution in [0.3, 0.4) is 0 Å². The molecule has 5 N–H and O–H groups in total. The SMILES string of the molecule is CC(=O)OCc1cccc(-c2ccc(-n3cc(NC(N)=O)c(C(N)=O)n3)cc2)c1. The Hall–Kier alpha value is -4.14. The van der Waals surface area contributed by atoms with E-state index in [1.54, 1.807) is 12.1 Å². The fraction of sp³-hybridized carbons (Fsp3) is 0.100. The summed E-state index contributed by atoms with van der Waals surface area (Å²) in [5.41, 5.74) is 13.9. The molecule has 0 saturated heterocycles. The van der Waals surface area contributed by atoms with E-state index in [9.17, 15) is 14.4 Å². The first kappa shape index (κ1) is 19.6. The lowest BCUT2D eigenvalue weighted by Crippen LogP contribution is -2.22. The van der Waals surface area contributed by atoms with Crippen molar-refractivity contribution in [1.82, 2.24) is 9.78 Å². The van der Waals surface area contributed by atoms with Gasteiger partial charge in [0.25, 0.3) is 5.91 Å². The summed E-state index contributed by atoms with van der Waals surface area (Å²) in [6.07, 6.45) is 1.46. The van der Waals surface area contributed by atoms with Crippen LogP contribution in [0.25, 0.3) is 16.8 Å². The number of urea groups is 1.